The normalized spacial score (nSPS) is 15.4. The minimum Gasteiger partial charge on any atom is -0.493 e. The van der Waals surface area contributed by atoms with Crippen LogP contribution in [0.15, 0.2) is 52.4 Å². The van der Waals surface area contributed by atoms with Crippen LogP contribution in [0, 0.1) is 6.92 Å². The number of amidine groups is 1. The minimum absolute atomic E-state index is 0.265. The van der Waals surface area contributed by atoms with Gasteiger partial charge in [-0.2, -0.15) is 4.99 Å². The number of rotatable bonds is 5. The molecule has 0 saturated carbocycles. The molecule has 1 aliphatic rings. The molecule has 0 saturated heterocycles. The molecule has 2 aromatic carbocycles. The Bertz CT molecular complexity index is 875. The van der Waals surface area contributed by atoms with E-state index in [0.29, 0.717) is 23.0 Å². The standard InChI is InChI=1S/C19H18N2O3S/c1-12-4-3-5-14(8-12)11-24-15-7-6-13(9-16(15)23-2)10-17-18(22)21-19(20)25-17/h3-10H,11H2,1-2H3,(H2,20,21,22)/b17-10-. The average molecular weight is 354 g/mol. The summed E-state index contributed by atoms with van der Waals surface area (Å²) in [7, 11) is 1.59. The van der Waals surface area contributed by atoms with Gasteiger partial charge in [0.1, 0.15) is 6.61 Å². The van der Waals surface area contributed by atoms with Gasteiger partial charge in [0.15, 0.2) is 16.7 Å². The molecule has 5 nitrogen and oxygen atoms in total. The number of methoxy groups -OCH3 is 1. The van der Waals surface area contributed by atoms with E-state index < -0.39 is 0 Å². The van der Waals surface area contributed by atoms with Gasteiger partial charge in [0.25, 0.3) is 5.91 Å². The second kappa shape index (κ2) is 7.44. The van der Waals surface area contributed by atoms with Crippen molar-refractivity contribution in [1.29, 1.82) is 0 Å². The zero-order valence-electron chi connectivity index (χ0n) is 14.0. The van der Waals surface area contributed by atoms with Crippen LogP contribution in [0.5, 0.6) is 11.5 Å². The van der Waals surface area contributed by atoms with E-state index in [4.69, 9.17) is 15.2 Å². The molecular formula is C19H18N2O3S. The van der Waals surface area contributed by atoms with Crippen molar-refractivity contribution in [1.82, 2.24) is 0 Å². The summed E-state index contributed by atoms with van der Waals surface area (Å²) in [5.41, 5.74) is 8.66. The maximum Gasteiger partial charge on any atom is 0.286 e. The number of aryl methyl sites for hydroxylation is 1. The fourth-order valence-corrected chi connectivity index (χ4v) is 3.11. The summed E-state index contributed by atoms with van der Waals surface area (Å²) in [4.78, 5) is 15.9. The largest absolute Gasteiger partial charge is 0.493 e. The summed E-state index contributed by atoms with van der Waals surface area (Å²) in [6, 6.07) is 13.7. The molecule has 0 spiro atoms. The first-order chi connectivity index (χ1) is 12.0. The second-order valence-electron chi connectivity index (χ2n) is 5.55. The SMILES string of the molecule is COc1cc(/C=C2\SC(N)=NC2=O)ccc1OCc1cccc(C)c1. The van der Waals surface area contributed by atoms with Gasteiger partial charge in [-0.25, -0.2) is 0 Å². The first kappa shape index (κ1) is 17.1. The molecule has 3 rings (SSSR count). The maximum atomic E-state index is 11.7. The molecule has 0 atom stereocenters. The number of amides is 1. The molecule has 2 N–H and O–H groups in total. The number of nitrogens with zero attached hydrogens (tertiary/aromatic N) is 1. The lowest BCUT2D eigenvalue weighted by Crippen LogP contribution is -2.01. The van der Waals surface area contributed by atoms with Gasteiger partial charge in [-0.15, -0.1) is 0 Å². The van der Waals surface area contributed by atoms with Crippen molar-refractivity contribution in [2.45, 2.75) is 13.5 Å². The Morgan fingerprint density at radius 2 is 2.04 bits per heavy atom. The predicted octanol–water partition coefficient (Wildman–Crippen LogP) is 3.51. The molecule has 1 amide bonds. The highest BCUT2D eigenvalue weighted by Crippen LogP contribution is 2.32. The van der Waals surface area contributed by atoms with Crippen molar-refractivity contribution in [3.05, 3.63) is 64.1 Å². The van der Waals surface area contributed by atoms with E-state index in [1.807, 2.05) is 43.3 Å². The van der Waals surface area contributed by atoms with Gasteiger partial charge >= 0.3 is 0 Å². The van der Waals surface area contributed by atoms with Crippen LogP contribution in [0.2, 0.25) is 0 Å². The molecule has 6 heteroatoms. The Balaban J connectivity index is 1.76. The van der Waals surface area contributed by atoms with Crippen LogP contribution < -0.4 is 15.2 Å². The van der Waals surface area contributed by atoms with Crippen LogP contribution >= 0.6 is 11.8 Å². The maximum absolute atomic E-state index is 11.7. The van der Waals surface area contributed by atoms with Crippen molar-refractivity contribution < 1.29 is 14.3 Å². The van der Waals surface area contributed by atoms with E-state index in [0.717, 1.165) is 22.9 Å². The lowest BCUT2D eigenvalue weighted by Gasteiger charge is -2.12. The van der Waals surface area contributed by atoms with E-state index in [2.05, 4.69) is 11.1 Å². The van der Waals surface area contributed by atoms with Gasteiger partial charge in [-0.1, -0.05) is 35.9 Å². The molecule has 0 aromatic heterocycles. The summed E-state index contributed by atoms with van der Waals surface area (Å²) < 4.78 is 11.3. The zero-order chi connectivity index (χ0) is 17.8. The Hall–Kier alpha value is -2.73. The number of thioether (sulfide) groups is 1. The number of aliphatic imine (C=N–C) groups is 1. The number of hydrogen-bond acceptors (Lipinski definition) is 5. The van der Waals surface area contributed by atoms with Crippen molar-refractivity contribution in [3.8, 4) is 11.5 Å². The van der Waals surface area contributed by atoms with Gasteiger partial charge in [-0.05, 0) is 48.0 Å². The Kier molecular flexibility index (Phi) is 5.09. The molecule has 0 fully saturated rings. The van der Waals surface area contributed by atoms with Crippen molar-refractivity contribution in [3.63, 3.8) is 0 Å². The summed E-state index contributed by atoms with van der Waals surface area (Å²) in [5.74, 6) is 0.930. The predicted molar refractivity (Wildman–Crippen MR) is 101 cm³/mol. The lowest BCUT2D eigenvalue weighted by atomic mass is 10.1. The Morgan fingerprint density at radius 1 is 1.20 bits per heavy atom. The highest BCUT2D eigenvalue weighted by atomic mass is 32.2. The molecule has 0 aliphatic carbocycles. The summed E-state index contributed by atoms with van der Waals surface area (Å²) >= 11 is 1.16. The third-order valence-electron chi connectivity index (χ3n) is 3.60. The topological polar surface area (TPSA) is 73.9 Å². The van der Waals surface area contributed by atoms with E-state index in [1.54, 1.807) is 13.2 Å². The molecule has 25 heavy (non-hydrogen) atoms. The summed E-state index contributed by atoms with van der Waals surface area (Å²) in [6.07, 6.45) is 1.74. The zero-order valence-corrected chi connectivity index (χ0v) is 14.8. The molecule has 0 unspecified atom stereocenters. The van der Waals surface area contributed by atoms with Crippen molar-refractivity contribution >= 4 is 28.9 Å². The lowest BCUT2D eigenvalue weighted by molar-refractivity contribution is -0.113. The van der Waals surface area contributed by atoms with Crippen LogP contribution in [0.25, 0.3) is 6.08 Å². The third kappa shape index (κ3) is 4.22. The highest BCUT2D eigenvalue weighted by Gasteiger charge is 2.19. The monoisotopic (exact) mass is 354 g/mol. The van der Waals surface area contributed by atoms with Gasteiger partial charge in [-0.3, -0.25) is 4.79 Å². The molecule has 1 aliphatic heterocycles. The number of nitrogens with two attached hydrogens (primary N) is 1. The molecule has 1 heterocycles. The van der Waals surface area contributed by atoms with Gasteiger partial charge < -0.3 is 15.2 Å². The average Bonchev–Trinajstić information content (AvgIpc) is 2.91. The fraction of sp³-hybridized carbons (Fsp3) is 0.158. The smallest absolute Gasteiger partial charge is 0.286 e. The van der Waals surface area contributed by atoms with Crippen LogP contribution in [0.4, 0.5) is 0 Å². The first-order valence-corrected chi connectivity index (χ1v) is 8.51. The van der Waals surface area contributed by atoms with Crippen molar-refractivity contribution in [2.75, 3.05) is 7.11 Å². The number of benzene rings is 2. The van der Waals surface area contributed by atoms with Gasteiger partial charge in [0, 0.05) is 0 Å². The van der Waals surface area contributed by atoms with E-state index in [9.17, 15) is 4.79 Å². The number of hydrogen-bond donors (Lipinski definition) is 1. The summed E-state index contributed by atoms with van der Waals surface area (Å²) in [5, 5.41) is 0.265. The fourth-order valence-electron chi connectivity index (χ4n) is 2.43. The third-order valence-corrected chi connectivity index (χ3v) is 4.41. The quantitative estimate of drug-likeness (QED) is 0.832. The second-order valence-corrected chi connectivity index (χ2v) is 6.62. The van der Waals surface area contributed by atoms with Gasteiger partial charge in [0.05, 0.1) is 12.0 Å². The minimum atomic E-state index is -0.318. The van der Waals surface area contributed by atoms with Gasteiger partial charge in [0.2, 0.25) is 0 Å². The van der Waals surface area contributed by atoms with Crippen LogP contribution in [-0.4, -0.2) is 18.2 Å². The molecule has 2 aromatic rings. The van der Waals surface area contributed by atoms with E-state index >= 15 is 0 Å². The van der Waals surface area contributed by atoms with E-state index in [1.165, 1.54) is 5.56 Å². The van der Waals surface area contributed by atoms with Crippen molar-refractivity contribution in [2.24, 2.45) is 10.7 Å². The van der Waals surface area contributed by atoms with Crippen LogP contribution in [0.1, 0.15) is 16.7 Å². The number of carbonyl (C=O) groups is 1. The Morgan fingerprint density at radius 3 is 2.72 bits per heavy atom. The molecule has 0 radical (unpaired) electrons. The first-order valence-electron chi connectivity index (χ1n) is 7.69. The van der Waals surface area contributed by atoms with Crippen LogP contribution in [-0.2, 0) is 11.4 Å². The van der Waals surface area contributed by atoms with E-state index in [-0.39, 0.29) is 11.1 Å². The number of ether oxygens (including phenoxy) is 2. The molecular weight excluding hydrogens is 336 g/mol. The Labute approximate surface area is 150 Å². The van der Waals surface area contributed by atoms with Crippen LogP contribution in [0.3, 0.4) is 0 Å². The highest BCUT2D eigenvalue weighted by molar-refractivity contribution is 8.18. The molecule has 0 bridgehead atoms. The number of carbonyl (C=O) groups excluding carboxylic acids is 1. The summed E-state index contributed by atoms with van der Waals surface area (Å²) in [6.45, 7) is 2.50. The molecule has 128 valence electrons.